The van der Waals surface area contributed by atoms with Crippen molar-refractivity contribution in [2.75, 3.05) is 16.3 Å². The van der Waals surface area contributed by atoms with Gasteiger partial charge in [-0.1, -0.05) is 5.21 Å². The number of nitrogens with zero attached hydrogens (tertiary/aromatic N) is 4. The first-order valence-corrected chi connectivity index (χ1v) is 10.8. The van der Waals surface area contributed by atoms with Crippen LogP contribution in [0.5, 0.6) is 0 Å². The average Bonchev–Trinajstić information content (AvgIpc) is 3.22. The summed E-state index contributed by atoms with van der Waals surface area (Å²) in [7, 11) is -1.82. The summed E-state index contributed by atoms with van der Waals surface area (Å²) in [6.07, 6.45) is 2.95. The van der Waals surface area contributed by atoms with Crippen molar-refractivity contribution in [1.82, 2.24) is 20.0 Å². The molecule has 0 aliphatic rings. The van der Waals surface area contributed by atoms with Crippen molar-refractivity contribution in [2.45, 2.75) is 26.9 Å². The molecule has 12 heteroatoms. The molecule has 0 saturated carbocycles. The summed E-state index contributed by atoms with van der Waals surface area (Å²) in [5.74, 6) is 0.284. The smallest absolute Gasteiger partial charge is 0.413 e. The van der Waals surface area contributed by atoms with Gasteiger partial charge in [0.05, 0.1) is 35.9 Å². The van der Waals surface area contributed by atoms with Gasteiger partial charge in [-0.05, 0) is 38.5 Å². The molecule has 1 amide bonds. The molecule has 3 aromatic heterocycles. The van der Waals surface area contributed by atoms with E-state index in [2.05, 4.69) is 25.3 Å². The van der Waals surface area contributed by atoms with E-state index in [1.807, 2.05) is 6.92 Å². The Hall–Kier alpha value is -3.41. The third-order valence-corrected chi connectivity index (χ3v) is 4.88. The molecular formula is C18H22N6O5S. The highest BCUT2D eigenvalue weighted by molar-refractivity contribution is 7.92. The molecule has 0 saturated heterocycles. The van der Waals surface area contributed by atoms with E-state index in [-0.39, 0.29) is 5.82 Å². The van der Waals surface area contributed by atoms with Crippen LogP contribution >= 0.6 is 0 Å². The molecule has 11 nitrogen and oxygen atoms in total. The third kappa shape index (κ3) is 4.76. The summed E-state index contributed by atoms with van der Waals surface area (Å²) >= 11 is 0. The maximum Gasteiger partial charge on any atom is 0.413 e. The van der Waals surface area contributed by atoms with E-state index in [1.54, 1.807) is 39.3 Å². The first-order chi connectivity index (χ1) is 14.0. The van der Waals surface area contributed by atoms with E-state index < -0.39 is 22.2 Å². The van der Waals surface area contributed by atoms with E-state index in [0.29, 0.717) is 22.8 Å². The number of carbonyl (C=O) groups excluding carboxylic acids is 1. The molecule has 2 N–H and O–H groups in total. The largest absolute Gasteiger partial charge is 0.472 e. The second-order valence-electron chi connectivity index (χ2n) is 6.80. The number of nitrogens with one attached hydrogen (secondary N) is 2. The number of pyridine rings is 1. The Morgan fingerprint density at radius 3 is 2.60 bits per heavy atom. The molecule has 3 heterocycles. The summed E-state index contributed by atoms with van der Waals surface area (Å²) in [5, 5.41) is 10.6. The highest BCUT2D eigenvalue weighted by atomic mass is 32.2. The van der Waals surface area contributed by atoms with Gasteiger partial charge >= 0.3 is 6.09 Å². The first-order valence-electron chi connectivity index (χ1n) is 8.91. The predicted octanol–water partition coefficient (Wildman–Crippen LogP) is 2.77. The minimum atomic E-state index is -3.43. The van der Waals surface area contributed by atoms with Crippen molar-refractivity contribution in [3.8, 4) is 11.4 Å². The summed E-state index contributed by atoms with van der Waals surface area (Å²) in [6.45, 7) is 5.25. The number of aryl methyl sites for hydroxylation is 3. The number of rotatable bonds is 6. The van der Waals surface area contributed by atoms with Crippen LogP contribution in [-0.4, -0.2) is 40.7 Å². The van der Waals surface area contributed by atoms with Gasteiger partial charge in [-0.3, -0.25) is 10.0 Å². The lowest BCUT2D eigenvalue weighted by Crippen LogP contribution is -2.18. The van der Waals surface area contributed by atoms with Crippen molar-refractivity contribution < 1.29 is 22.4 Å². The van der Waals surface area contributed by atoms with E-state index >= 15 is 0 Å². The molecule has 0 bridgehead atoms. The molecule has 0 aromatic carbocycles. The average molecular weight is 434 g/mol. The topological polar surface area (TPSA) is 141 Å². The molecule has 30 heavy (non-hydrogen) atoms. The van der Waals surface area contributed by atoms with Crippen LogP contribution in [-0.2, 0) is 21.8 Å². The van der Waals surface area contributed by atoms with Crippen LogP contribution in [0.15, 0.2) is 29.1 Å². The number of amides is 1. The summed E-state index contributed by atoms with van der Waals surface area (Å²) in [4.78, 5) is 16.8. The van der Waals surface area contributed by atoms with Crippen LogP contribution in [0.3, 0.4) is 0 Å². The molecule has 0 aliphatic carbocycles. The number of sulfonamides is 1. The fraction of sp³-hybridized carbons (Fsp3) is 0.333. The van der Waals surface area contributed by atoms with E-state index in [0.717, 1.165) is 17.4 Å². The molecule has 0 radical (unpaired) electrons. The fourth-order valence-electron chi connectivity index (χ4n) is 2.81. The summed E-state index contributed by atoms with van der Waals surface area (Å²) in [6, 6.07) is 3.15. The van der Waals surface area contributed by atoms with Gasteiger partial charge in [-0.2, -0.15) is 0 Å². The standard InChI is InChI=1S/C18H22N6O5S/c1-10-8-28-9-13(10)12(3)29-18(25)20-17-16(21-23-24(17)4)15-7-6-14(11(2)19-15)22-30(5,26)27/h6-9,12,22H,1-5H3,(H,20,25). The van der Waals surface area contributed by atoms with Gasteiger partial charge in [0.15, 0.2) is 11.5 Å². The van der Waals surface area contributed by atoms with Crippen LogP contribution in [0.25, 0.3) is 11.4 Å². The molecule has 0 aliphatic heterocycles. The van der Waals surface area contributed by atoms with Crippen LogP contribution in [0.2, 0.25) is 0 Å². The number of hydrogen-bond donors (Lipinski definition) is 2. The minimum absolute atomic E-state index is 0.284. The maximum atomic E-state index is 12.4. The Morgan fingerprint density at radius 2 is 2.00 bits per heavy atom. The molecular weight excluding hydrogens is 412 g/mol. The predicted molar refractivity (Wildman–Crippen MR) is 109 cm³/mol. The molecule has 1 atom stereocenters. The number of aromatic nitrogens is 4. The quantitative estimate of drug-likeness (QED) is 0.603. The lowest BCUT2D eigenvalue weighted by molar-refractivity contribution is 0.120. The van der Waals surface area contributed by atoms with Gasteiger partial charge in [0, 0.05) is 12.6 Å². The number of ether oxygens (including phenoxy) is 1. The lowest BCUT2D eigenvalue weighted by atomic mass is 10.1. The van der Waals surface area contributed by atoms with Crippen molar-refractivity contribution in [2.24, 2.45) is 7.05 Å². The van der Waals surface area contributed by atoms with E-state index in [4.69, 9.17) is 9.15 Å². The number of carbonyl (C=O) groups is 1. The molecule has 3 rings (SSSR count). The van der Waals surface area contributed by atoms with E-state index in [9.17, 15) is 13.2 Å². The molecule has 3 aromatic rings. The van der Waals surface area contributed by atoms with E-state index in [1.165, 1.54) is 10.9 Å². The van der Waals surface area contributed by atoms with Gasteiger partial charge < -0.3 is 9.15 Å². The van der Waals surface area contributed by atoms with Crippen molar-refractivity contribution in [3.63, 3.8) is 0 Å². The zero-order chi connectivity index (χ0) is 22.1. The van der Waals surface area contributed by atoms with Crippen molar-refractivity contribution >= 4 is 27.6 Å². The fourth-order valence-corrected chi connectivity index (χ4v) is 3.42. The van der Waals surface area contributed by atoms with Crippen LogP contribution in [0.1, 0.15) is 29.8 Å². The zero-order valence-corrected chi connectivity index (χ0v) is 17.9. The van der Waals surface area contributed by atoms with Gasteiger partial charge in [0.25, 0.3) is 0 Å². The highest BCUT2D eigenvalue weighted by Gasteiger charge is 2.21. The number of anilines is 2. The monoisotopic (exact) mass is 434 g/mol. The van der Waals surface area contributed by atoms with Crippen LogP contribution in [0.4, 0.5) is 16.3 Å². The Kier molecular flexibility index (Phi) is 5.78. The Balaban J connectivity index is 1.80. The number of hydrogen-bond acceptors (Lipinski definition) is 8. The molecule has 0 fully saturated rings. The SMILES string of the molecule is Cc1cocc1C(C)OC(=O)Nc1c(-c2ccc(NS(C)(=O)=O)c(C)n2)nnn1C. The highest BCUT2D eigenvalue weighted by Crippen LogP contribution is 2.27. The third-order valence-electron chi connectivity index (χ3n) is 4.29. The second kappa shape index (κ2) is 8.14. The van der Waals surface area contributed by atoms with Crippen LogP contribution in [0, 0.1) is 13.8 Å². The Bertz CT molecular complexity index is 1180. The first kappa shape index (κ1) is 21.3. The molecule has 0 spiro atoms. The summed E-state index contributed by atoms with van der Waals surface area (Å²) < 4.78 is 37.2. The van der Waals surface area contributed by atoms with Gasteiger partial charge in [-0.15, -0.1) is 5.10 Å². The number of furan rings is 1. The van der Waals surface area contributed by atoms with Gasteiger partial charge in [0.2, 0.25) is 10.0 Å². The lowest BCUT2D eigenvalue weighted by Gasteiger charge is -2.14. The molecule has 1 unspecified atom stereocenters. The van der Waals surface area contributed by atoms with Gasteiger partial charge in [-0.25, -0.2) is 22.9 Å². The maximum absolute atomic E-state index is 12.4. The van der Waals surface area contributed by atoms with Gasteiger partial charge in [0.1, 0.15) is 6.10 Å². The van der Waals surface area contributed by atoms with Crippen molar-refractivity contribution in [3.05, 3.63) is 41.5 Å². The Labute approximate surface area is 173 Å². The minimum Gasteiger partial charge on any atom is -0.472 e. The van der Waals surface area contributed by atoms with Crippen LogP contribution < -0.4 is 10.0 Å². The molecule has 160 valence electrons. The zero-order valence-electron chi connectivity index (χ0n) is 17.1. The normalized spacial score (nSPS) is 12.4. The van der Waals surface area contributed by atoms with Crippen molar-refractivity contribution in [1.29, 1.82) is 0 Å². The second-order valence-corrected chi connectivity index (χ2v) is 8.55. The summed E-state index contributed by atoms with van der Waals surface area (Å²) in [5.41, 5.74) is 3.16. The Morgan fingerprint density at radius 1 is 1.27 bits per heavy atom.